The zero-order valence-electron chi connectivity index (χ0n) is 10.4. The molecule has 0 radical (unpaired) electrons. The molecule has 1 aliphatic heterocycles. The summed E-state index contributed by atoms with van der Waals surface area (Å²) >= 11 is 11.0. The van der Waals surface area contributed by atoms with Crippen LogP contribution in [0.25, 0.3) is 0 Å². The molecular weight excluding hydrogens is 310 g/mol. The normalized spacial score (nSPS) is 19.1. The van der Waals surface area contributed by atoms with E-state index < -0.39 is 0 Å². The summed E-state index contributed by atoms with van der Waals surface area (Å²) in [7, 11) is 0. The van der Waals surface area contributed by atoms with Crippen molar-refractivity contribution in [3.63, 3.8) is 0 Å². The Hall–Kier alpha value is -0.490. The van der Waals surface area contributed by atoms with E-state index in [4.69, 9.17) is 12.2 Å². The van der Waals surface area contributed by atoms with Crippen LogP contribution < -0.4 is 4.90 Å². The Morgan fingerprint density at radius 3 is 3.00 bits per heavy atom. The molecule has 1 aromatic carbocycles. The topological polar surface area (TPSA) is 3.24 Å². The maximum atomic E-state index is 5.55. The fourth-order valence-corrected chi connectivity index (χ4v) is 5.00. The van der Waals surface area contributed by atoms with E-state index in [2.05, 4.69) is 52.2 Å². The Bertz CT molecular complexity index is 579. The van der Waals surface area contributed by atoms with Crippen molar-refractivity contribution in [1.29, 1.82) is 0 Å². The van der Waals surface area contributed by atoms with Gasteiger partial charge in [0, 0.05) is 16.3 Å². The SMILES string of the molecule is CSc1cccc(N2C(=S)CSC2c2ccsc2)c1. The molecule has 0 N–H and O–H groups in total. The molecule has 0 spiro atoms. The van der Waals surface area contributed by atoms with Gasteiger partial charge in [0.1, 0.15) is 5.37 Å². The molecule has 3 rings (SSSR count). The third-order valence-corrected chi connectivity index (χ3v) is 6.22. The minimum absolute atomic E-state index is 0.329. The highest BCUT2D eigenvalue weighted by Gasteiger charge is 2.31. The van der Waals surface area contributed by atoms with Crippen LogP contribution in [0.5, 0.6) is 0 Å². The van der Waals surface area contributed by atoms with Crippen molar-refractivity contribution < 1.29 is 0 Å². The van der Waals surface area contributed by atoms with Crippen LogP contribution in [0.3, 0.4) is 0 Å². The average molecular weight is 324 g/mol. The van der Waals surface area contributed by atoms with Gasteiger partial charge in [0.25, 0.3) is 0 Å². The highest BCUT2D eigenvalue weighted by atomic mass is 32.2. The first kappa shape index (κ1) is 13.5. The van der Waals surface area contributed by atoms with E-state index in [0.717, 1.165) is 10.7 Å². The van der Waals surface area contributed by atoms with E-state index in [1.165, 1.54) is 16.1 Å². The summed E-state index contributed by atoms with van der Waals surface area (Å²) in [6, 6.07) is 10.8. The lowest BCUT2D eigenvalue weighted by molar-refractivity contribution is 1.01. The number of hydrogen-bond donors (Lipinski definition) is 0. The molecule has 0 bridgehead atoms. The largest absolute Gasteiger partial charge is 0.319 e. The first-order valence-corrected chi connectivity index (χ1v) is 9.52. The highest BCUT2D eigenvalue weighted by Crippen LogP contribution is 2.43. The van der Waals surface area contributed by atoms with Crippen LogP contribution in [0.15, 0.2) is 46.0 Å². The summed E-state index contributed by atoms with van der Waals surface area (Å²) in [4.78, 5) is 4.60. The molecule has 19 heavy (non-hydrogen) atoms. The zero-order valence-corrected chi connectivity index (χ0v) is 13.7. The van der Waals surface area contributed by atoms with E-state index in [1.807, 2.05) is 11.8 Å². The van der Waals surface area contributed by atoms with Crippen molar-refractivity contribution in [2.24, 2.45) is 0 Å². The third kappa shape index (κ3) is 2.70. The van der Waals surface area contributed by atoms with Gasteiger partial charge in [0.2, 0.25) is 0 Å². The standard InChI is InChI=1S/C14H13NS4/c1-17-12-4-2-3-11(7-12)15-13(16)9-19-14(15)10-5-6-18-8-10/h2-8,14H,9H2,1H3. The zero-order chi connectivity index (χ0) is 13.2. The fraction of sp³-hybridized carbons (Fsp3) is 0.214. The van der Waals surface area contributed by atoms with E-state index in [-0.39, 0.29) is 0 Å². The first-order valence-electron chi connectivity index (χ1n) is 5.89. The molecule has 0 amide bonds. The molecule has 2 aromatic rings. The van der Waals surface area contributed by atoms with Gasteiger partial charge in [-0.2, -0.15) is 11.3 Å². The van der Waals surface area contributed by atoms with Crippen molar-refractivity contribution in [2.45, 2.75) is 10.3 Å². The molecular formula is C14H13NS4. The summed E-state index contributed by atoms with van der Waals surface area (Å²) in [6.07, 6.45) is 2.10. The number of thiophene rings is 1. The van der Waals surface area contributed by atoms with Crippen LogP contribution in [0.1, 0.15) is 10.9 Å². The molecule has 1 atom stereocenters. The molecule has 1 nitrogen and oxygen atoms in total. The van der Waals surface area contributed by atoms with Gasteiger partial charge in [-0.15, -0.1) is 23.5 Å². The maximum Gasteiger partial charge on any atom is 0.107 e. The van der Waals surface area contributed by atoms with Crippen LogP contribution in [-0.4, -0.2) is 17.0 Å². The van der Waals surface area contributed by atoms with Gasteiger partial charge in [-0.05, 0) is 46.8 Å². The van der Waals surface area contributed by atoms with E-state index in [9.17, 15) is 0 Å². The van der Waals surface area contributed by atoms with Crippen LogP contribution in [0.4, 0.5) is 5.69 Å². The van der Waals surface area contributed by atoms with Crippen molar-refractivity contribution in [3.05, 3.63) is 46.7 Å². The second-order valence-electron chi connectivity index (χ2n) is 4.19. The summed E-state index contributed by atoms with van der Waals surface area (Å²) in [5.41, 5.74) is 2.56. The quantitative estimate of drug-likeness (QED) is 0.574. The Kier molecular flexibility index (Phi) is 4.17. The number of anilines is 1. The Morgan fingerprint density at radius 1 is 1.37 bits per heavy atom. The minimum atomic E-state index is 0.329. The lowest BCUT2D eigenvalue weighted by Gasteiger charge is -2.25. The predicted molar refractivity (Wildman–Crippen MR) is 92.8 cm³/mol. The Balaban J connectivity index is 1.98. The highest BCUT2D eigenvalue weighted by molar-refractivity contribution is 8.02. The number of benzene rings is 1. The molecule has 0 saturated carbocycles. The van der Waals surface area contributed by atoms with Gasteiger partial charge >= 0.3 is 0 Å². The first-order chi connectivity index (χ1) is 9.29. The van der Waals surface area contributed by atoms with Crippen molar-refractivity contribution in [1.82, 2.24) is 0 Å². The Morgan fingerprint density at radius 2 is 2.26 bits per heavy atom. The van der Waals surface area contributed by atoms with Crippen molar-refractivity contribution >= 4 is 57.8 Å². The molecule has 1 aromatic heterocycles. The predicted octanol–water partition coefficient (Wildman–Crippen LogP) is 5.05. The monoisotopic (exact) mass is 323 g/mol. The number of thiocarbonyl (C=S) groups is 1. The van der Waals surface area contributed by atoms with Gasteiger partial charge in [0.15, 0.2) is 0 Å². The Labute approximate surface area is 131 Å². The van der Waals surface area contributed by atoms with E-state index in [0.29, 0.717) is 5.37 Å². The number of thioether (sulfide) groups is 2. The number of nitrogens with zero attached hydrogens (tertiary/aromatic N) is 1. The molecule has 1 saturated heterocycles. The summed E-state index contributed by atoms with van der Waals surface area (Å²) in [6.45, 7) is 0. The van der Waals surface area contributed by atoms with Gasteiger partial charge in [-0.1, -0.05) is 18.3 Å². The molecule has 98 valence electrons. The van der Waals surface area contributed by atoms with Crippen LogP contribution in [0, 0.1) is 0 Å². The second-order valence-corrected chi connectivity index (χ2v) is 7.38. The number of rotatable bonds is 3. The van der Waals surface area contributed by atoms with Gasteiger partial charge in [-0.25, -0.2) is 0 Å². The van der Waals surface area contributed by atoms with Crippen LogP contribution >= 0.6 is 47.1 Å². The van der Waals surface area contributed by atoms with Crippen molar-refractivity contribution in [2.75, 3.05) is 16.9 Å². The van der Waals surface area contributed by atoms with Crippen LogP contribution in [-0.2, 0) is 0 Å². The van der Waals surface area contributed by atoms with Crippen molar-refractivity contribution in [3.8, 4) is 0 Å². The molecule has 1 aliphatic rings. The van der Waals surface area contributed by atoms with Gasteiger partial charge in [0.05, 0.1) is 4.99 Å². The lowest BCUT2D eigenvalue weighted by atomic mass is 10.2. The molecule has 2 heterocycles. The van der Waals surface area contributed by atoms with Crippen LogP contribution in [0.2, 0.25) is 0 Å². The average Bonchev–Trinajstić information content (AvgIpc) is 3.07. The number of hydrogen-bond acceptors (Lipinski definition) is 4. The molecule has 5 heteroatoms. The minimum Gasteiger partial charge on any atom is -0.319 e. The fourth-order valence-electron chi connectivity index (χ4n) is 2.13. The third-order valence-electron chi connectivity index (χ3n) is 3.03. The molecule has 0 aliphatic carbocycles. The maximum absolute atomic E-state index is 5.55. The molecule has 1 fully saturated rings. The summed E-state index contributed by atoms with van der Waals surface area (Å²) < 4.78 is 0. The summed E-state index contributed by atoms with van der Waals surface area (Å²) in [5.74, 6) is 0.930. The van der Waals surface area contributed by atoms with Gasteiger partial charge < -0.3 is 4.90 Å². The van der Waals surface area contributed by atoms with E-state index >= 15 is 0 Å². The molecule has 1 unspecified atom stereocenters. The smallest absolute Gasteiger partial charge is 0.107 e. The van der Waals surface area contributed by atoms with Gasteiger partial charge in [-0.3, -0.25) is 0 Å². The second kappa shape index (κ2) is 5.87. The van der Waals surface area contributed by atoms with E-state index in [1.54, 1.807) is 23.1 Å². The lowest BCUT2D eigenvalue weighted by Crippen LogP contribution is -2.26. The summed E-state index contributed by atoms with van der Waals surface area (Å²) in [5, 5.41) is 4.68.